The molecule has 2 saturated heterocycles. The number of rotatable bonds is 18. The molecule has 4 aromatic rings. The molecule has 7 rings (SSSR count). The minimum Gasteiger partial charge on any atom is -0.381 e. The molecule has 326 valence electrons. The predicted octanol–water partition coefficient (Wildman–Crippen LogP) is 7.20. The van der Waals surface area contributed by atoms with Crippen molar-refractivity contribution >= 4 is 51.1 Å². The van der Waals surface area contributed by atoms with Gasteiger partial charge in [0.25, 0.3) is 5.91 Å². The minimum atomic E-state index is -0.308. The van der Waals surface area contributed by atoms with Crippen molar-refractivity contribution in [3.05, 3.63) is 100 Å². The van der Waals surface area contributed by atoms with Crippen molar-refractivity contribution in [2.24, 2.45) is 5.92 Å². The molecule has 1 unspecified atom stereocenters. The zero-order valence-corrected chi connectivity index (χ0v) is 37.9. The van der Waals surface area contributed by atoms with Gasteiger partial charge in [-0.15, -0.1) is 0 Å². The number of pyridine rings is 1. The molecule has 2 aromatic carbocycles. The highest BCUT2D eigenvalue weighted by atomic mass is 127. The molecule has 4 N–H and O–H groups in total. The van der Waals surface area contributed by atoms with Gasteiger partial charge in [-0.05, 0) is 105 Å². The number of benzene rings is 2. The van der Waals surface area contributed by atoms with E-state index in [1.807, 2.05) is 42.1 Å². The van der Waals surface area contributed by atoms with E-state index in [2.05, 4.69) is 79.8 Å². The maximum Gasteiger partial charge on any atom is 0.251 e. The number of halogens is 2. The number of hydrogen-bond acceptors (Lipinski definition) is 9. The zero-order chi connectivity index (χ0) is 42.7. The topological polar surface area (TPSA) is 135 Å². The van der Waals surface area contributed by atoms with Crippen LogP contribution in [0.5, 0.6) is 0 Å². The van der Waals surface area contributed by atoms with E-state index in [0.717, 1.165) is 103 Å². The summed E-state index contributed by atoms with van der Waals surface area (Å²) in [5.41, 5.74) is 7.88. The highest BCUT2D eigenvalue weighted by Crippen LogP contribution is 2.32. The minimum absolute atomic E-state index is 0.0692. The summed E-state index contributed by atoms with van der Waals surface area (Å²) in [6.45, 7) is 13.2. The number of alkyl halides is 1. The van der Waals surface area contributed by atoms with Crippen molar-refractivity contribution in [1.82, 2.24) is 35.6 Å². The van der Waals surface area contributed by atoms with Crippen LogP contribution in [-0.2, 0) is 51.7 Å². The lowest BCUT2D eigenvalue weighted by molar-refractivity contribution is -0.118. The summed E-state index contributed by atoms with van der Waals surface area (Å²) >= 11 is 2.22. The third-order valence-corrected chi connectivity index (χ3v) is 12.6. The molecule has 2 aliphatic heterocycles. The van der Waals surface area contributed by atoms with Crippen LogP contribution in [0.3, 0.4) is 0 Å². The second-order valence-corrected chi connectivity index (χ2v) is 16.9. The van der Waals surface area contributed by atoms with Crippen molar-refractivity contribution in [2.45, 2.75) is 97.6 Å². The van der Waals surface area contributed by atoms with Crippen molar-refractivity contribution in [1.29, 1.82) is 0 Å². The van der Waals surface area contributed by atoms with Gasteiger partial charge in [0, 0.05) is 86.0 Å². The average molecular weight is 947 g/mol. The van der Waals surface area contributed by atoms with E-state index in [1.165, 1.54) is 6.07 Å². The van der Waals surface area contributed by atoms with Gasteiger partial charge in [0.1, 0.15) is 5.82 Å². The predicted molar refractivity (Wildman–Crippen MR) is 247 cm³/mol. The number of fused-ring (bicyclic) bond motifs is 1. The Kier molecular flexibility index (Phi) is 16.0. The van der Waals surface area contributed by atoms with Gasteiger partial charge in [-0.25, -0.2) is 14.1 Å². The van der Waals surface area contributed by atoms with E-state index < -0.39 is 0 Å². The summed E-state index contributed by atoms with van der Waals surface area (Å²) in [6, 6.07) is 13.8. The SMILES string of the molecule is CCc1nc2c(cnn2CC)c(NC2CCOCC2)c1CNC(=O)C1=CC(C(=O)NCc2ccc(F)c(-c3cccc(CN4CCC(NCCOCI)CC4)c3)c2)=CCC1C. The Morgan fingerprint density at radius 3 is 2.56 bits per heavy atom. The van der Waals surface area contributed by atoms with Crippen LogP contribution in [-0.4, -0.2) is 87.6 Å². The molecular weight excluding hydrogens is 886 g/mol. The van der Waals surface area contributed by atoms with Gasteiger partial charge < -0.3 is 30.7 Å². The number of anilines is 1. The first-order chi connectivity index (χ1) is 29.7. The lowest BCUT2D eigenvalue weighted by atomic mass is 9.89. The van der Waals surface area contributed by atoms with Crippen LogP contribution in [0.2, 0.25) is 0 Å². The molecule has 61 heavy (non-hydrogen) atoms. The summed E-state index contributed by atoms with van der Waals surface area (Å²) in [6.07, 6.45) is 10.7. The smallest absolute Gasteiger partial charge is 0.251 e. The van der Waals surface area contributed by atoms with Gasteiger partial charge in [0.2, 0.25) is 5.91 Å². The lowest BCUT2D eigenvalue weighted by Crippen LogP contribution is -2.43. The largest absolute Gasteiger partial charge is 0.381 e. The molecular formula is C47H60FIN8O4. The van der Waals surface area contributed by atoms with Crippen molar-refractivity contribution in [3.63, 3.8) is 0 Å². The summed E-state index contributed by atoms with van der Waals surface area (Å²) < 4.78 is 29.0. The van der Waals surface area contributed by atoms with Gasteiger partial charge in [-0.3, -0.25) is 14.5 Å². The Bertz CT molecular complexity index is 2210. The Balaban J connectivity index is 0.974. The van der Waals surface area contributed by atoms with Gasteiger partial charge in [-0.1, -0.05) is 66.8 Å². The Morgan fingerprint density at radius 2 is 1.79 bits per heavy atom. The number of allylic oxidation sites excluding steroid dienone is 1. The van der Waals surface area contributed by atoms with E-state index in [-0.39, 0.29) is 42.7 Å². The molecule has 1 aliphatic carbocycles. The van der Waals surface area contributed by atoms with Crippen LogP contribution in [0.15, 0.2) is 72.0 Å². The summed E-state index contributed by atoms with van der Waals surface area (Å²) in [4.78, 5) is 34.9. The quantitative estimate of drug-likeness (QED) is 0.0465. The summed E-state index contributed by atoms with van der Waals surface area (Å²) in [5.74, 6) is -0.871. The molecule has 12 nitrogen and oxygen atoms in total. The molecule has 3 aliphatic rings. The van der Waals surface area contributed by atoms with Crippen molar-refractivity contribution in [2.75, 3.05) is 49.4 Å². The fraction of sp³-hybridized carbons (Fsp3) is 0.489. The number of hydrogen-bond donors (Lipinski definition) is 4. The number of aryl methyl sites for hydroxylation is 2. The van der Waals surface area contributed by atoms with E-state index >= 15 is 4.39 Å². The standard InChI is InChI=1S/C47H60FIN8O4/c1-4-43-40(44(54-37-15-20-60-21-16-37)41-28-53-57(5-2)45(41)55-43)27-52-47(59)38-25-35(11-9-31(38)3)46(58)51-26-32-10-12-42(48)39(24-32)34-8-6-7-33(23-34)29-56-18-13-36(14-19-56)50-17-22-61-30-49/h6-8,10-12,23-25,28,31,36-37,50H,4-5,9,13-22,26-27,29-30H2,1-3H3,(H,51,58)(H,52,59)(H,54,55). The normalized spacial score (nSPS) is 17.9. The Hall–Kier alpha value is -4.22. The van der Waals surface area contributed by atoms with Gasteiger partial charge in [-0.2, -0.15) is 5.10 Å². The molecule has 2 fully saturated rings. The van der Waals surface area contributed by atoms with Crippen LogP contribution in [0.1, 0.15) is 75.3 Å². The monoisotopic (exact) mass is 946 g/mol. The number of likely N-dealkylation sites (tertiary alicyclic amines) is 1. The summed E-state index contributed by atoms with van der Waals surface area (Å²) in [5, 5.41) is 19.1. The average Bonchev–Trinajstić information content (AvgIpc) is 3.71. The zero-order valence-electron chi connectivity index (χ0n) is 35.7. The molecule has 2 aromatic heterocycles. The van der Waals surface area contributed by atoms with Gasteiger partial charge in [0.05, 0.1) is 28.5 Å². The molecule has 1 atom stereocenters. The second-order valence-electron chi connectivity index (χ2n) is 16.3. The fourth-order valence-corrected chi connectivity index (χ4v) is 8.90. The highest BCUT2D eigenvalue weighted by molar-refractivity contribution is 14.1. The number of aromatic nitrogens is 3. The first-order valence-electron chi connectivity index (χ1n) is 21.9. The number of nitrogens with zero attached hydrogens (tertiary/aromatic N) is 4. The number of piperidine rings is 1. The van der Waals surface area contributed by atoms with Crippen LogP contribution < -0.4 is 21.3 Å². The number of carbonyl (C=O) groups is 2. The maximum atomic E-state index is 15.3. The second kappa shape index (κ2) is 21.7. The van der Waals surface area contributed by atoms with Crippen LogP contribution >= 0.6 is 22.6 Å². The summed E-state index contributed by atoms with van der Waals surface area (Å²) in [7, 11) is 0. The number of nitrogens with one attached hydrogen (secondary N) is 4. The molecule has 4 heterocycles. The fourth-order valence-electron chi connectivity index (χ4n) is 8.59. The molecule has 0 spiro atoms. The first-order valence-corrected chi connectivity index (χ1v) is 23.4. The van der Waals surface area contributed by atoms with Gasteiger partial charge in [0.15, 0.2) is 5.65 Å². The van der Waals surface area contributed by atoms with Crippen LogP contribution in [0.4, 0.5) is 10.1 Å². The number of amides is 2. The van der Waals surface area contributed by atoms with E-state index in [0.29, 0.717) is 60.0 Å². The van der Waals surface area contributed by atoms with Crippen molar-refractivity contribution in [3.8, 4) is 11.1 Å². The van der Waals surface area contributed by atoms with Crippen LogP contribution in [0.25, 0.3) is 22.2 Å². The highest BCUT2D eigenvalue weighted by Gasteiger charge is 2.26. The molecule has 0 radical (unpaired) electrons. The van der Waals surface area contributed by atoms with E-state index in [4.69, 9.17) is 14.5 Å². The Labute approximate surface area is 372 Å². The molecule has 0 bridgehead atoms. The van der Waals surface area contributed by atoms with E-state index in [9.17, 15) is 9.59 Å². The molecule has 0 saturated carbocycles. The van der Waals surface area contributed by atoms with Gasteiger partial charge >= 0.3 is 0 Å². The third kappa shape index (κ3) is 11.4. The van der Waals surface area contributed by atoms with E-state index in [1.54, 1.807) is 12.1 Å². The van der Waals surface area contributed by atoms with Crippen molar-refractivity contribution < 1.29 is 23.5 Å². The molecule has 14 heteroatoms. The number of ether oxygens (including phenoxy) is 2. The molecule has 2 amide bonds. The first kappa shape index (κ1) is 44.8. The van der Waals surface area contributed by atoms with Crippen LogP contribution in [0, 0.1) is 11.7 Å². The third-order valence-electron chi connectivity index (χ3n) is 12.1. The number of carbonyl (C=O) groups excluding carboxylic acids is 2. The Morgan fingerprint density at radius 1 is 0.984 bits per heavy atom. The maximum absolute atomic E-state index is 15.3. The lowest BCUT2D eigenvalue weighted by Gasteiger charge is -2.32.